The molecule has 0 aliphatic carbocycles. The van der Waals surface area contributed by atoms with Crippen LogP contribution in [0.1, 0.15) is 40.0 Å². The van der Waals surface area contributed by atoms with Crippen LogP contribution >= 0.6 is 11.8 Å². The maximum absolute atomic E-state index is 12.1. The fourth-order valence-electron chi connectivity index (χ4n) is 2.24. The first-order valence-electron chi connectivity index (χ1n) is 7.82. The van der Waals surface area contributed by atoms with Crippen molar-refractivity contribution in [3.8, 4) is 0 Å². The largest absolute Gasteiger partial charge is 0.444 e. The van der Waals surface area contributed by atoms with Crippen molar-refractivity contribution in [2.24, 2.45) is 0 Å². The predicted molar refractivity (Wildman–Crippen MR) is 87.9 cm³/mol. The molecule has 21 heavy (non-hydrogen) atoms. The molecule has 0 spiro atoms. The van der Waals surface area contributed by atoms with Crippen molar-refractivity contribution in [1.29, 1.82) is 0 Å². The zero-order valence-corrected chi connectivity index (χ0v) is 14.4. The van der Waals surface area contributed by atoms with Gasteiger partial charge in [0.15, 0.2) is 0 Å². The highest BCUT2D eigenvalue weighted by molar-refractivity contribution is 7.99. The molecular weight excluding hydrogens is 288 g/mol. The van der Waals surface area contributed by atoms with Gasteiger partial charge in [0.1, 0.15) is 5.60 Å². The quantitative estimate of drug-likeness (QED) is 0.704. The van der Waals surface area contributed by atoms with Crippen LogP contribution in [-0.2, 0) is 4.74 Å². The molecular formula is C15H30N2O3S. The highest BCUT2D eigenvalue weighted by atomic mass is 32.2. The van der Waals surface area contributed by atoms with Gasteiger partial charge >= 0.3 is 6.09 Å². The van der Waals surface area contributed by atoms with E-state index in [1.165, 1.54) is 0 Å². The molecule has 124 valence electrons. The van der Waals surface area contributed by atoms with Crippen LogP contribution in [0.3, 0.4) is 0 Å². The van der Waals surface area contributed by atoms with Gasteiger partial charge in [-0.05, 0) is 45.8 Å². The van der Waals surface area contributed by atoms with Crippen molar-refractivity contribution in [2.75, 3.05) is 37.7 Å². The van der Waals surface area contributed by atoms with Crippen LogP contribution in [0.15, 0.2) is 0 Å². The number of aliphatic hydroxyl groups excluding tert-OH is 1. The minimum absolute atomic E-state index is 0.202. The minimum Gasteiger partial charge on any atom is -0.444 e. The summed E-state index contributed by atoms with van der Waals surface area (Å²) in [6, 6.07) is 0.365. The number of hydrogen-bond acceptors (Lipinski definition) is 5. The van der Waals surface area contributed by atoms with E-state index < -0.39 is 5.60 Å². The molecule has 1 heterocycles. The number of carbonyl (C=O) groups is 1. The van der Waals surface area contributed by atoms with Gasteiger partial charge in [-0.2, -0.15) is 11.8 Å². The second-order valence-electron chi connectivity index (χ2n) is 6.41. The number of nitrogens with one attached hydrogen (secondary N) is 1. The number of aliphatic hydroxyl groups is 1. The predicted octanol–water partition coefficient (Wildman–Crippen LogP) is 2.09. The molecule has 0 bridgehead atoms. The molecule has 0 aromatic heterocycles. The molecule has 1 fully saturated rings. The molecule has 1 rings (SSSR count). The Labute approximate surface area is 132 Å². The molecule has 2 N–H and O–H groups in total. The van der Waals surface area contributed by atoms with Crippen molar-refractivity contribution in [2.45, 2.75) is 51.7 Å². The summed E-state index contributed by atoms with van der Waals surface area (Å²) < 4.78 is 5.43. The summed E-state index contributed by atoms with van der Waals surface area (Å²) in [6.45, 7) is 8.43. The third-order valence-electron chi connectivity index (χ3n) is 3.20. The number of ether oxygens (including phenoxy) is 1. The molecule has 1 saturated heterocycles. The zero-order valence-electron chi connectivity index (χ0n) is 13.6. The molecule has 0 radical (unpaired) electrons. The Morgan fingerprint density at radius 1 is 1.43 bits per heavy atom. The highest BCUT2D eigenvalue weighted by Gasteiger charge is 2.27. The third kappa shape index (κ3) is 8.53. The van der Waals surface area contributed by atoms with Crippen LogP contribution in [0.5, 0.6) is 0 Å². The van der Waals surface area contributed by atoms with Gasteiger partial charge in [0.05, 0.1) is 0 Å². The monoisotopic (exact) mass is 318 g/mol. The van der Waals surface area contributed by atoms with Crippen molar-refractivity contribution in [3.63, 3.8) is 0 Å². The molecule has 1 aliphatic heterocycles. The van der Waals surface area contributed by atoms with Crippen LogP contribution in [-0.4, -0.2) is 65.5 Å². The number of rotatable bonds is 7. The number of thioether (sulfide) groups is 1. The Balaban J connectivity index is 2.21. The van der Waals surface area contributed by atoms with E-state index in [1.54, 1.807) is 0 Å². The lowest BCUT2D eigenvalue weighted by molar-refractivity contribution is 0.0188. The molecule has 0 aromatic rings. The molecule has 0 aromatic carbocycles. The van der Waals surface area contributed by atoms with Gasteiger partial charge in [0.25, 0.3) is 0 Å². The van der Waals surface area contributed by atoms with Crippen LogP contribution in [0.4, 0.5) is 4.79 Å². The first kappa shape index (κ1) is 18.6. The van der Waals surface area contributed by atoms with E-state index in [9.17, 15) is 4.79 Å². The Kier molecular flexibility index (Phi) is 8.44. The standard InChI is InChI=1S/C15H30N2O3S/c1-15(2,3)20-14(19)17-8-4-6-13(12-17)16-7-11-21-10-5-9-18/h13,16,18H,4-12H2,1-3H3. The summed E-state index contributed by atoms with van der Waals surface area (Å²) in [6.07, 6.45) is 2.79. The lowest BCUT2D eigenvalue weighted by Crippen LogP contribution is -2.49. The molecule has 1 unspecified atom stereocenters. The van der Waals surface area contributed by atoms with E-state index in [1.807, 2.05) is 37.4 Å². The molecule has 1 atom stereocenters. The van der Waals surface area contributed by atoms with E-state index >= 15 is 0 Å². The van der Waals surface area contributed by atoms with E-state index in [0.29, 0.717) is 6.04 Å². The fourth-order valence-corrected chi connectivity index (χ4v) is 3.04. The Morgan fingerprint density at radius 2 is 2.19 bits per heavy atom. The molecule has 1 amide bonds. The third-order valence-corrected chi connectivity index (χ3v) is 4.27. The number of likely N-dealkylation sites (tertiary alicyclic amines) is 1. The van der Waals surface area contributed by atoms with Crippen LogP contribution in [0.2, 0.25) is 0 Å². The van der Waals surface area contributed by atoms with Gasteiger partial charge in [0.2, 0.25) is 0 Å². The smallest absolute Gasteiger partial charge is 0.410 e. The summed E-state index contributed by atoms with van der Waals surface area (Å²) in [5.74, 6) is 2.05. The van der Waals surface area contributed by atoms with Crippen molar-refractivity contribution < 1.29 is 14.6 Å². The lowest BCUT2D eigenvalue weighted by Gasteiger charge is -2.34. The van der Waals surface area contributed by atoms with Crippen molar-refractivity contribution in [3.05, 3.63) is 0 Å². The van der Waals surface area contributed by atoms with Crippen molar-refractivity contribution in [1.82, 2.24) is 10.2 Å². The number of piperidine rings is 1. The number of nitrogens with zero attached hydrogens (tertiary/aromatic N) is 1. The van der Waals surface area contributed by atoms with Crippen LogP contribution in [0, 0.1) is 0 Å². The van der Waals surface area contributed by atoms with Crippen LogP contribution in [0.25, 0.3) is 0 Å². The Morgan fingerprint density at radius 3 is 2.86 bits per heavy atom. The van der Waals surface area contributed by atoms with Gasteiger partial charge in [-0.1, -0.05) is 0 Å². The highest BCUT2D eigenvalue weighted by Crippen LogP contribution is 2.15. The van der Waals surface area contributed by atoms with Gasteiger partial charge in [0, 0.05) is 38.0 Å². The average Bonchev–Trinajstić information content (AvgIpc) is 2.41. The summed E-state index contributed by atoms with van der Waals surface area (Å²) in [4.78, 5) is 13.9. The summed E-state index contributed by atoms with van der Waals surface area (Å²) in [7, 11) is 0. The van der Waals surface area contributed by atoms with E-state index in [0.717, 1.165) is 50.4 Å². The van der Waals surface area contributed by atoms with Crippen molar-refractivity contribution >= 4 is 17.9 Å². The topological polar surface area (TPSA) is 61.8 Å². The number of hydrogen-bond donors (Lipinski definition) is 2. The van der Waals surface area contributed by atoms with Gasteiger partial charge in [-0.25, -0.2) is 4.79 Å². The normalized spacial score (nSPS) is 19.6. The maximum atomic E-state index is 12.1. The van der Waals surface area contributed by atoms with E-state index in [4.69, 9.17) is 9.84 Å². The van der Waals surface area contributed by atoms with Gasteiger partial charge in [-0.3, -0.25) is 0 Å². The van der Waals surface area contributed by atoms with Crippen LogP contribution < -0.4 is 5.32 Å². The average molecular weight is 318 g/mol. The fraction of sp³-hybridized carbons (Fsp3) is 0.933. The van der Waals surface area contributed by atoms with Gasteiger partial charge in [-0.15, -0.1) is 0 Å². The summed E-state index contributed by atoms with van der Waals surface area (Å²) >= 11 is 1.85. The zero-order chi connectivity index (χ0) is 15.7. The SMILES string of the molecule is CC(C)(C)OC(=O)N1CCCC(NCCSCCCO)C1. The molecule has 0 saturated carbocycles. The lowest BCUT2D eigenvalue weighted by atomic mass is 10.1. The second kappa shape index (κ2) is 9.54. The second-order valence-corrected chi connectivity index (χ2v) is 7.63. The first-order chi connectivity index (χ1) is 9.92. The molecule has 1 aliphatic rings. The summed E-state index contributed by atoms with van der Waals surface area (Å²) in [5.41, 5.74) is -0.430. The minimum atomic E-state index is -0.430. The Bertz CT molecular complexity index is 308. The van der Waals surface area contributed by atoms with E-state index in [2.05, 4.69) is 5.32 Å². The molecule has 6 heteroatoms. The Hall–Kier alpha value is -0.460. The van der Waals surface area contributed by atoms with Gasteiger partial charge < -0.3 is 20.1 Å². The summed E-state index contributed by atoms with van der Waals surface area (Å²) in [5, 5.41) is 12.2. The maximum Gasteiger partial charge on any atom is 0.410 e. The van der Waals surface area contributed by atoms with E-state index in [-0.39, 0.29) is 12.7 Å². The molecule has 5 nitrogen and oxygen atoms in total. The first-order valence-corrected chi connectivity index (χ1v) is 8.98. The number of amides is 1. The number of carbonyl (C=O) groups excluding carboxylic acids is 1.